The monoisotopic (exact) mass is 1060 g/mol. The number of carbonyl (C=O) groups excluding carboxylic acids is 3. The van der Waals surface area contributed by atoms with Gasteiger partial charge >= 0.3 is 17.9 Å². The second-order valence-corrected chi connectivity index (χ2v) is 21.6. The number of hydrogen-bond donors (Lipinski definition) is 0. The second kappa shape index (κ2) is 64.1. The molecule has 76 heavy (non-hydrogen) atoms. The molecule has 0 amide bonds. The van der Waals surface area contributed by atoms with E-state index < -0.39 is 6.10 Å². The summed E-state index contributed by atoms with van der Waals surface area (Å²) in [6, 6.07) is 0. The summed E-state index contributed by atoms with van der Waals surface area (Å²) in [5, 5.41) is 0. The highest BCUT2D eigenvalue weighted by atomic mass is 16.6. The fourth-order valence-electron chi connectivity index (χ4n) is 9.21. The molecule has 0 radical (unpaired) electrons. The first-order valence-corrected chi connectivity index (χ1v) is 32.6. The van der Waals surface area contributed by atoms with Crippen LogP contribution in [0.25, 0.3) is 0 Å². The van der Waals surface area contributed by atoms with Gasteiger partial charge < -0.3 is 14.2 Å². The number of hydrogen-bond acceptors (Lipinski definition) is 6. The molecule has 1 unspecified atom stereocenters. The van der Waals surface area contributed by atoms with Crippen LogP contribution in [0.5, 0.6) is 0 Å². The van der Waals surface area contributed by atoms with Gasteiger partial charge in [0.15, 0.2) is 6.10 Å². The summed E-state index contributed by atoms with van der Waals surface area (Å²) < 4.78 is 16.9. The van der Waals surface area contributed by atoms with Crippen LogP contribution in [-0.2, 0) is 28.6 Å². The van der Waals surface area contributed by atoms with Crippen LogP contribution in [0.4, 0.5) is 0 Å². The first-order valence-electron chi connectivity index (χ1n) is 32.6. The highest BCUT2D eigenvalue weighted by molar-refractivity contribution is 5.71. The maximum atomic E-state index is 12.9. The van der Waals surface area contributed by atoms with E-state index in [0.29, 0.717) is 19.3 Å². The number of esters is 3. The van der Waals surface area contributed by atoms with Crippen molar-refractivity contribution in [3.8, 4) is 0 Å². The Morgan fingerprint density at radius 1 is 0.276 bits per heavy atom. The third-order valence-corrected chi connectivity index (χ3v) is 14.1. The first-order chi connectivity index (χ1) is 37.5. The normalized spacial score (nSPS) is 12.6. The summed E-state index contributed by atoms with van der Waals surface area (Å²) in [4.78, 5) is 38.3. The Hall–Kier alpha value is -3.41. The summed E-state index contributed by atoms with van der Waals surface area (Å²) >= 11 is 0. The third-order valence-electron chi connectivity index (χ3n) is 14.1. The zero-order valence-electron chi connectivity index (χ0n) is 50.3. The van der Waals surface area contributed by atoms with Gasteiger partial charge in [0.1, 0.15) is 13.2 Å². The molecule has 0 aliphatic heterocycles. The lowest BCUT2D eigenvalue weighted by Gasteiger charge is -2.18. The predicted octanol–water partition coefficient (Wildman–Crippen LogP) is 22.3. The smallest absolute Gasteiger partial charge is 0.306 e. The van der Waals surface area contributed by atoms with E-state index in [9.17, 15) is 14.4 Å². The van der Waals surface area contributed by atoms with E-state index in [4.69, 9.17) is 14.2 Å². The van der Waals surface area contributed by atoms with Crippen molar-refractivity contribution in [3.63, 3.8) is 0 Å². The van der Waals surface area contributed by atoms with Crippen molar-refractivity contribution >= 4 is 17.9 Å². The van der Waals surface area contributed by atoms with Crippen molar-refractivity contribution in [1.82, 2.24) is 0 Å². The molecule has 0 aromatic heterocycles. The number of ether oxygens (including phenoxy) is 3. The summed E-state index contributed by atoms with van der Waals surface area (Å²) in [6.45, 7) is 6.48. The molecule has 0 aliphatic carbocycles. The molecule has 0 spiro atoms. The molecule has 0 N–H and O–H groups in total. The lowest BCUT2D eigenvalue weighted by atomic mass is 10.0. The van der Waals surface area contributed by atoms with Gasteiger partial charge in [-0.2, -0.15) is 0 Å². The molecule has 0 rings (SSSR count). The standard InChI is InChI=1S/C70H122O6/c1-4-7-10-13-16-19-22-25-28-29-30-31-32-33-34-35-36-37-38-39-40-41-43-45-48-51-54-57-60-63-69(72)75-66-67(65-74-68(71)62-59-56-53-50-47-44-27-24-21-18-15-12-9-6-3)76-70(73)64-61-58-55-52-49-46-42-26-23-20-17-14-11-8-5-2/h8,11,15,17-18,20,22,24-27,29-30,42,67H,4-7,9-10,12-14,16,19,21,23,28,31-41,43-66H2,1-3H3/b11-8-,18-15-,20-17-,25-22-,27-24-,30-29-,42-26-. The van der Waals surface area contributed by atoms with Crippen molar-refractivity contribution < 1.29 is 28.6 Å². The molecule has 0 saturated heterocycles. The minimum absolute atomic E-state index is 0.0864. The summed E-state index contributed by atoms with van der Waals surface area (Å²) in [5.74, 6) is -0.907. The largest absolute Gasteiger partial charge is 0.462 e. The van der Waals surface area contributed by atoms with Crippen LogP contribution in [0.1, 0.15) is 323 Å². The van der Waals surface area contributed by atoms with Crippen LogP contribution in [-0.4, -0.2) is 37.2 Å². The van der Waals surface area contributed by atoms with Gasteiger partial charge in [-0.3, -0.25) is 14.4 Å². The van der Waals surface area contributed by atoms with E-state index in [1.807, 2.05) is 0 Å². The Morgan fingerprint density at radius 2 is 0.526 bits per heavy atom. The Morgan fingerprint density at radius 3 is 0.842 bits per heavy atom. The Kier molecular flexibility index (Phi) is 61.2. The van der Waals surface area contributed by atoms with E-state index >= 15 is 0 Å². The van der Waals surface area contributed by atoms with Gasteiger partial charge in [0.05, 0.1) is 0 Å². The molecule has 0 heterocycles. The van der Waals surface area contributed by atoms with Crippen molar-refractivity contribution in [2.24, 2.45) is 0 Å². The summed E-state index contributed by atoms with van der Waals surface area (Å²) in [7, 11) is 0. The minimum atomic E-state index is -0.792. The number of carbonyl (C=O) groups is 3. The SMILES string of the molecule is CC/C=C\C/C=C\C/C=C\CCCCCCCC(=O)OC(COC(=O)CCCCCCC/C=C\C/C=C\CCCC)COC(=O)CCCCCCCCCCCCCCCCCCC/C=C\C/C=C\CCCCCCC. The number of unbranched alkanes of at least 4 members (excludes halogenated alkanes) is 34. The van der Waals surface area contributed by atoms with E-state index in [1.54, 1.807) is 0 Å². The van der Waals surface area contributed by atoms with Crippen LogP contribution in [0.2, 0.25) is 0 Å². The van der Waals surface area contributed by atoms with Gasteiger partial charge in [-0.1, -0.05) is 279 Å². The average molecular weight is 1060 g/mol. The lowest BCUT2D eigenvalue weighted by molar-refractivity contribution is -0.167. The number of rotatable bonds is 59. The van der Waals surface area contributed by atoms with Gasteiger partial charge in [-0.05, 0) is 109 Å². The van der Waals surface area contributed by atoms with E-state index in [1.165, 1.54) is 154 Å². The van der Waals surface area contributed by atoms with Gasteiger partial charge in [0.2, 0.25) is 0 Å². The van der Waals surface area contributed by atoms with E-state index in [-0.39, 0.29) is 31.1 Å². The Bertz CT molecular complexity index is 1450. The Balaban J connectivity index is 4.22. The molecule has 6 heteroatoms. The fourth-order valence-corrected chi connectivity index (χ4v) is 9.21. The van der Waals surface area contributed by atoms with E-state index in [2.05, 4.69) is 106 Å². The topological polar surface area (TPSA) is 78.9 Å². The van der Waals surface area contributed by atoms with Crippen LogP contribution in [0.15, 0.2) is 85.1 Å². The fraction of sp³-hybridized carbons (Fsp3) is 0.757. The molecule has 6 nitrogen and oxygen atoms in total. The van der Waals surface area contributed by atoms with Crippen LogP contribution < -0.4 is 0 Å². The first kappa shape index (κ1) is 72.6. The highest BCUT2D eigenvalue weighted by Gasteiger charge is 2.19. The molecular weight excluding hydrogens is 937 g/mol. The summed E-state index contributed by atoms with van der Waals surface area (Å²) in [5.41, 5.74) is 0. The molecule has 0 saturated carbocycles. The van der Waals surface area contributed by atoms with Crippen LogP contribution in [0.3, 0.4) is 0 Å². The average Bonchev–Trinajstić information content (AvgIpc) is 3.42. The quantitative estimate of drug-likeness (QED) is 0.0261. The minimum Gasteiger partial charge on any atom is -0.462 e. The molecular formula is C70H122O6. The zero-order chi connectivity index (χ0) is 55.0. The molecule has 0 aliphatic rings. The summed E-state index contributed by atoms with van der Waals surface area (Å²) in [6.07, 6.45) is 84.6. The lowest BCUT2D eigenvalue weighted by Crippen LogP contribution is -2.30. The van der Waals surface area contributed by atoms with Gasteiger partial charge in [0, 0.05) is 19.3 Å². The van der Waals surface area contributed by atoms with Gasteiger partial charge in [-0.25, -0.2) is 0 Å². The van der Waals surface area contributed by atoms with Gasteiger partial charge in [0.25, 0.3) is 0 Å². The molecule has 1 atom stereocenters. The molecule has 438 valence electrons. The maximum absolute atomic E-state index is 12.9. The second-order valence-electron chi connectivity index (χ2n) is 21.6. The molecule has 0 fully saturated rings. The van der Waals surface area contributed by atoms with Crippen molar-refractivity contribution in [2.75, 3.05) is 13.2 Å². The predicted molar refractivity (Wildman–Crippen MR) is 330 cm³/mol. The highest BCUT2D eigenvalue weighted by Crippen LogP contribution is 2.17. The van der Waals surface area contributed by atoms with Gasteiger partial charge in [-0.15, -0.1) is 0 Å². The number of allylic oxidation sites excluding steroid dienone is 14. The molecule has 0 aromatic rings. The molecule has 0 aromatic carbocycles. The maximum Gasteiger partial charge on any atom is 0.306 e. The van der Waals surface area contributed by atoms with Crippen molar-refractivity contribution in [3.05, 3.63) is 85.1 Å². The van der Waals surface area contributed by atoms with Crippen molar-refractivity contribution in [2.45, 2.75) is 329 Å². The molecule has 0 bridgehead atoms. The Labute approximate surface area is 471 Å². The van der Waals surface area contributed by atoms with Crippen LogP contribution in [0, 0.1) is 0 Å². The van der Waals surface area contributed by atoms with E-state index in [0.717, 1.165) is 128 Å². The zero-order valence-corrected chi connectivity index (χ0v) is 50.3. The third kappa shape index (κ3) is 61.4. The van der Waals surface area contributed by atoms with Crippen LogP contribution >= 0.6 is 0 Å². The van der Waals surface area contributed by atoms with Crippen molar-refractivity contribution in [1.29, 1.82) is 0 Å².